The minimum Gasteiger partial charge on any atom is -0.387 e. The van der Waals surface area contributed by atoms with Gasteiger partial charge in [-0.1, -0.05) is 28.1 Å². The van der Waals surface area contributed by atoms with Crippen molar-refractivity contribution in [1.29, 1.82) is 0 Å². The Kier molecular flexibility index (Phi) is 4.35. The second-order valence-corrected chi connectivity index (χ2v) is 5.04. The van der Waals surface area contributed by atoms with Crippen molar-refractivity contribution in [3.05, 3.63) is 34.3 Å². The van der Waals surface area contributed by atoms with E-state index in [0.29, 0.717) is 0 Å². The molecule has 1 aromatic rings. The summed E-state index contributed by atoms with van der Waals surface area (Å²) >= 11 is 3.42. The third-order valence-corrected chi connectivity index (χ3v) is 3.37. The lowest BCUT2D eigenvalue weighted by Gasteiger charge is -2.29. The number of benzene rings is 1. The second kappa shape index (κ2) is 5.77. The van der Waals surface area contributed by atoms with Crippen molar-refractivity contribution in [2.24, 2.45) is 0 Å². The quantitative estimate of drug-likeness (QED) is 0.881. The Labute approximate surface area is 105 Å². The number of rotatable bonds is 3. The van der Waals surface area contributed by atoms with Crippen LogP contribution in [0.25, 0.3) is 0 Å². The fraction of sp³-hybridized carbons (Fsp3) is 0.500. The van der Waals surface area contributed by atoms with Gasteiger partial charge in [-0.2, -0.15) is 0 Å². The van der Waals surface area contributed by atoms with Crippen molar-refractivity contribution in [2.75, 3.05) is 32.7 Å². The van der Waals surface area contributed by atoms with Crippen LogP contribution < -0.4 is 5.32 Å². The SMILES string of the molecule is OC(CN1CCNCC1)c1cccc(Br)c1. The van der Waals surface area contributed by atoms with E-state index in [2.05, 4.69) is 26.1 Å². The molecular formula is C12H17BrN2O. The summed E-state index contributed by atoms with van der Waals surface area (Å²) in [6, 6.07) is 7.88. The topological polar surface area (TPSA) is 35.5 Å². The summed E-state index contributed by atoms with van der Waals surface area (Å²) in [5.41, 5.74) is 0.980. The molecule has 1 unspecified atom stereocenters. The number of piperazine rings is 1. The van der Waals surface area contributed by atoms with Gasteiger partial charge in [0.25, 0.3) is 0 Å². The zero-order chi connectivity index (χ0) is 11.4. The molecule has 16 heavy (non-hydrogen) atoms. The first-order valence-electron chi connectivity index (χ1n) is 5.62. The van der Waals surface area contributed by atoms with Gasteiger partial charge in [-0.3, -0.25) is 4.90 Å². The molecule has 2 rings (SSSR count). The van der Waals surface area contributed by atoms with Crippen molar-refractivity contribution in [2.45, 2.75) is 6.10 Å². The maximum atomic E-state index is 10.1. The molecule has 1 aliphatic heterocycles. The summed E-state index contributed by atoms with van der Waals surface area (Å²) in [6.45, 7) is 4.80. The van der Waals surface area contributed by atoms with Crippen molar-refractivity contribution >= 4 is 15.9 Å². The Bertz CT molecular complexity index is 340. The lowest BCUT2D eigenvalue weighted by Crippen LogP contribution is -2.44. The second-order valence-electron chi connectivity index (χ2n) is 4.12. The fourth-order valence-electron chi connectivity index (χ4n) is 1.96. The number of hydrogen-bond donors (Lipinski definition) is 2. The van der Waals surface area contributed by atoms with E-state index in [0.717, 1.165) is 42.8 Å². The van der Waals surface area contributed by atoms with E-state index in [1.807, 2.05) is 24.3 Å². The van der Waals surface area contributed by atoms with E-state index < -0.39 is 6.10 Å². The predicted octanol–water partition coefficient (Wildman–Crippen LogP) is 1.39. The maximum Gasteiger partial charge on any atom is 0.0917 e. The van der Waals surface area contributed by atoms with E-state index in [1.165, 1.54) is 0 Å². The number of nitrogens with zero attached hydrogens (tertiary/aromatic N) is 1. The molecule has 1 aliphatic rings. The van der Waals surface area contributed by atoms with Crippen LogP contribution >= 0.6 is 15.9 Å². The average molecular weight is 285 g/mol. The summed E-state index contributed by atoms with van der Waals surface area (Å²) in [4.78, 5) is 2.29. The van der Waals surface area contributed by atoms with Gasteiger partial charge in [-0.25, -0.2) is 0 Å². The molecule has 0 aromatic heterocycles. The molecular weight excluding hydrogens is 268 g/mol. The van der Waals surface area contributed by atoms with E-state index in [4.69, 9.17) is 0 Å². The maximum absolute atomic E-state index is 10.1. The molecule has 1 atom stereocenters. The molecule has 0 amide bonds. The van der Waals surface area contributed by atoms with Crippen LogP contribution in [0.2, 0.25) is 0 Å². The number of hydrogen-bond acceptors (Lipinski definition) is 3. The summed E-state index contributed by atoms with van der Waals surface area (Å²) < 4.78 is 1.02. The highest BCUT2D eigenvalue weighted by Gasteiger charge is 2.15. The molecule has 2 N–H and O–H groups in total. The first-order valence-corrected chi connectivity index (χ1v) is 6.41. The number of halogens is 1. The van der Waals surface area contributed by atoms with Gasteiger partial charge < -0.3 is 10.4 Å². The molecule has 0 saturated carbocycles. The first kappa shape index (κ1) is 12.0. The smallest absolute Gasteiger partial charge is 0.0917 e. The van der Waals surface area contributed by atoms with Crippen LogP contribution in [0.5, 0.6) is 0 Å². The Morgan fingerprint density at radius 1 is 1.38 bits per heavy atom. The normalized spacial score (nSPS) is 19.6. The van der Waals surface area contributed by atoms with Crippen molar-refractivity contribution in [1.82, 2.24) is 10.2 Å². The molecule has 88 valence electrons. The molecule has 0 aliphatic carbocycles. The highest BCUT2D eigenvalue weighted by atomic mass is 79.9. The number of aliphatic hydroxyl groups excluding tert-OH is 1. The average Bonchev–Trinajstić information content (AvgIpc) is 2.30. The summed E-state index contributed by atoms with van der Waals surface area (Å²) in [7, 11) is 0. The van der Waals surface area contributed by atoms with Crippen LogP contribution in [0.15, 0.2) is 28.7 Å². The van der Waals surface area contributed by atoms with E-state index in [9.17, 15) is 5.11 Å². The van der Waals surface area contributed by atoms with E-state index in [1.54, 1.807) is 0 Å². The highest BCUT2D eigenvalue weighted by Crippen LogP contribution is 2.19. The summed E-state index contributed by atoms with van der Waals surface area (Å²) in [6.07, 6.45) is -0.393. The Morgan fingerprint density at radius 3 is 2.81 bits per heavy atom. The van der Waals surface area contributed by atoms with Gasteiger partial charge in [0.05, 0.1) is 6.10 Å². The van der Waals surface area contributed by atoms with Crippen LogP contribution in [-0.2, 0) is 0 Å². The minimum absolute atomic E-state index is 0.393. The van der Waals surface area contributed by atoms with Gasteiger partial charge in [-0.15, -0.1) is 0 Å². The first-order chi connectivity index (χ1) is 7.75. The van der Waals surface area contributed by atoms with Crippen LogP contribution in [0, 0.1) is 0 Å². The number of β-amino-alcohol motifs (C(OH)–C–C–N with tert-alkyl or cyclic N) is 1. The van der Waals surface area contributed by atoms with Gasteiger partial charge in [0.15, 0.2) is 0 Å². The van der Waals surface area contributed by atoms with Gasteiger partial charge in [0.2, 0.25) is 0 Å². The molecule has 1 saturated heterocycles. The largest absolute Gasteiger partial charge is 0.387 e. The molecule has 0 bridgehead atoms. The van der Waals surface area contributed by atoms with Crippen molar-refractivity contribution < 1.29 is 5.11 Å². The van der Waals surface area contributed by atoms with Gasteiger partial charge >= 0.3 is 0 Å². The Hall–Kier alpha value is -0.420. The van der Waals surface area contributed by atoms with Crippen molar-refractivity contribution in [3.8, 4) is 0 Å². The highest BCUT2D eigenvalue weighted by molar-refractivity contribution is 9.10. The van der Waals surface area contributed by atoms with E-state index in [-0.39, 0.29) is 0 Å². The van der Waals surface area contributed by atoms with E-state index >= 15 is 0 Å². The lowest BCUT2D eigenvalue weighted by molar-refractivity contribution is 0.105. The van der Waals surface area contributed by atoms with Crippen LogP contribution in [0.3, 0.4) is 0 Å². The molecule has 3 nitrogen and oxygen atoms in total. The van der Waals surface area contributed by atoms with Crippen LogP contribution in [0.4, 0.5) is 0 Å². The van der Waals surface area contributed by atoms with Gasteiger partial charge in [0.1, 0.15) is 0 Å². The molecule has 4 heteroatoms. The Balaban J connectivity index is 1.94. The minimum atomic E-state index is -0.393. The Morgan fingerprint density at radius 2 is 2.12 bits per heavy atom. The lowest BCUT2D eigenvalue weighted by atomic mass is 10.1. The molecule has 1 fully saturated rings. The summed E-state index contributed by atoms with van der Waals surface area (Å²) in [5.74, 6) is 0. The monoisotopic (exact) mass is 284 g/mol. The van der Waals surface area contributed by atoms with Gasteiger partial charge in [0, 0.05) is 37.2 Å². The molecule has 1 aromatic carbocycles. The predicted molar refractivity (Wildman–Crippen MR) is 68.4 cm³/mol. The summed E-state index contributed by atoms with van der Waals surface area (Å²) in [5, 5.41) is 13.4. The van der Waals surface area contributed by atoms with Gasteiger partial charge in [-0.05, 0) is 17.7 Å². The standard InChI is InChI=1S/C12H17BrN2O/c13-11-3-1-2-10(8-11)12(16)9-15-6-4-14-5-7-15/h1-3,8,12,14,16H,4-7,9H2. The third kappa shape index (κ3) is 3.28. The zero-order valence-electron chi connectivity index (χ0n) is 9.19. The van der Waals surface area contributed by atoms with Crippen LogP contribution in [0.1, 0.15) is 11.7 Å². The van der Waals surface area contributed by atoms with Crippen LogP contribution in [-0.4, -0.2) is 42.7 Å². The molecule has 0 spiro atoms. The zero-order valence-corrected chi connectivity index (χ0v) is 10.8. The fourth-order valence-corrected chi connectivity index (χ4v) is 2.37. The third-order valence-electron chi connectivity index (χ3n) is 2.87. The number of aliphatic hydroxyl groups is 1. The molecule has 1 heterocycles. The van der Waals surface area contributed by atoms with Crippen molar-refractivity contribution in [3.63, 3.8) is 0 Å². The molecule has 0 radical (unpaired) electrons. The number of nitrogens with one attached hydrogen (secondary N) is 1.